The van der Waals surface area contributed by atoms with Crippen LogP contribution in [0.15, 0.2) is 84.9 Å². The quantitative estimate of drug-likeness (QED) is 0.130. The van der Waals surface area contributed by atoms with Gasteiger partial charge in [-0.25, -0.2) is 0 Å². The standard InChI is InChI=1S/C40H42N2O4/c1-5-41(6-2)31-21-33(43)35(29-19-25-15-11-9-13-23(25)17-27(29)31)37-39(45)38(40(37)46)36-30-20-26-16-12-10-14-24(26)18-28(30)32(22-34(36)44)42(7-3)8-4/h9-22,37-40,43-46H,5-8H2,1-4H3. The Hall–Kier alpha value is -4.52. The Morgan fingerprint density at radius 1 is 0.478 bits per heavy atom. The summed E-state index contributed by atoms with van der Waals surface area (Å²) in [6.45, 7) is 11.5. The maximum atomic E-state index is 12.0. The SMILES string of the molecule is CCN(CC)c1cc(O)c(C2C(O)C(c3c(O)cc(N(CC)CC)c4cc5ccccc5cc34)C2O)c2cc3ccccc3cc12. The zero-order valence-electron chi connectivity index (χ0n) is 26.9. The van der Waals surface area contributed by atoms with Crippen LogP contribution in [0.3, 0.4) is 0 Å². The monoisotopic (exact) mass is 614 g/mol. The van der Waals surface area contributed by atoms with Gasteiger partial charge >= 0.3 is 0 Å². The molecule has 0 bridgehead atoms. The van der Waals surface area contributed by atoms with Crippen molar-refractivity contribution in [2.24, 2.45) is 0 Å². The van der Waals surface area contributed by atoms with Gasteiger partial charge in [0.2, 0.25) is 0 Å². The Morgan fingerprint density at radius 3 is 1.09 bits per heavy atom. The molecular weight excluding hydrogens is 572 g/mol. The molecule has 0 aliphatic heterocycles. The first-order chi connectivity index (χ1) is 22.3. The van der Waals surface area contributed by atoms with Crippen molar-refractivity contribution >= 4 is 54.5 Å². The van der Waals surface area contributed by atoms with Crippen LogP contribution in [0, 0.1) is 0 Å². The number of aromatic hydroxyl groups is 2. The van der Waals surface area contributed by atoms with Crippen molar-refractivity contribution in [3.63, 3.8) is 0 Å². The highest BCUT2D eigenvalue weighted by Gasteiger charge is 2.53. The van der Waals surface area contributed by atoms with Crippen molar-refractivity contribution in [1.29, 1.82) is 0 Å². The number of phenolic OH excluding ortho intramolecular Hbond substituents is 2. The van der Waals surface area contributed by atoms with E-state index < -0.39 is 24.0 Å². The Balaban J connectivity index is 1.41. The van der Waals surface area contributed by atoms with Crippen LogP contribution >= 0.6 is 0 Å². The van der Waals surface area contributed by atoms with Gasteiger partial charge in [0.15, 0.2) is 0 Å². The summed E-state index contributed by atoms with van der Waals surface area (Å²) in [6.07, 6.45) is -2.07. The largest absolute Gasteiger partial charge is 0.508 e. The number of nitrogens with zero attached hydrogens (tertiary/aromatic N) is 2. The third-order valence-electron chi connectivity index (χ3n) is 10.3. The molecule has 0 aromatic heterocycles. The highest BCUT2D eigenvalue weighted by Crippen LogP contribution is 2.56. The van der Waals surface area contributed by atoms with E-state index in [1.807, 2.05) is 36.4 Å². The average molecular weight is 615 g/mol. The van der Waals surface area contributed by atoms with Crippen molar-refractivity contribution < 1.29 is 20.4 Å². The fraction of sp³-hybridized carbons (Fsp3) is 0.300. The fourth-order valence-electron chi connectivity index (χ4n) is 7.94. The molecular formula is C40H42N2O4. The molecule has 0 radical (unpaired) electrons. The molecule has 0 unspecified atom stereocenters. The zero-order chi connectivity index (χ0) is 32.3. The highest BCUT2D eigenvalue weighted by atomic mass is 16.3. The van der Waals surface area contributed by atoms with Crippen LogP contribution in [-0.2, 0) is 0 Å². The summed E-state index contributed by atoms with van der Waals surface area (Å²) < 4.78 is 0. The van der Waals surface area contributed by atoms with Crippen LogP contribution in [0.4, 0.5) is 11.4 Å². The molecule has 0 saturated heterocycles. The third kappa shape index (κ3) is 4.54. The molecule has 6 aromatic carbocycles. The van der Waals surface area contributed by atoms with E-state index in [0.29, 0.717) is 11.1 Å². The molecule has 1 saturated carbocycles. The Labute approximate surface area is 269 Å². The van der Waals surface area contributed by atoms with E-state index in [2.05, 4.69) is 73.9 Å². The minimum Gasteiger partial charge on any atom is -0.508 e. The van der Waals surface area contributed by atoms with E-state index in [1.165, 1.54) is 0 Å². The molecule has 1 aliphatic rings. The van der Waals surface area contributed by atoms with Gasteiger partial charge in [0, 0.05) is 83.4 Å². The van der Waals surface area contributed by atoms with E-state index in [-0.39, 0.29) is 11.5 Å². The van der Waals surface area contributed by atoms with Gasteiger partial charge in [-0.15, -0.1) is 0 Å². The minimum atomic E-state index is -1.03. The predicted molar refractivity (Wildman–Crippen MR) is 191 cm³/mol. The summed E-state index contributed by atoms with van der Waals surface area (Å²) in [4.78, 5) is 4.42. The number of phenols is 2. The Morgan fingerprint density at radius 2 is 0.783 bits per heavy atom. The van der Waals surface area contributed by atoms with Gasteiger partial charge in [0.1, 0.15) is 11.5 Å². The van der Waals surface area contributed by atoms with Crippen LogP contribution in [0.1, 0.15) is 50.7 Å². The topological polar surface area (TPSA) is 87.4 Å². The van der Waals surface area contributed by atoms with Gasteiger partial charge in [0.05, 0.1) is 12.2 Å². The van der Waals surface area contributed by atoms with Gasteiger partial charge in [-0.05, 0) is 84.3 Å². The second kappa shape index (κ2) is 11.7. The van der Waals surface area contributed by atoms with Crippen LogP contribution in [0.2, 0.25) is 0 Å². The Kier molecular flexibility index (Phi) is 7.66. The van der Waals surface area contributed by atoms with E-state index in [9.17, 15) is 20.4 Å². The molecule has 236 valence electrons. The Bertz CT molecular complexity index is 1940. The summed E-state index contributed by atoms with van der Waals surface area (Å²) in [5, 5.41) is 55.0. The third-order valence-corrected chi connectivity index (χ3v) is 10.3. The summed E-state index contributed by atoms with van der Waals surface area (Å²) in [5.74, 6) is -1.36. The van der Waals surface area contributed by atoms with E-state index in [1.54, 1.807) is 12.1 Å². The van der Waals surface area contributed by atoms with Crippen LogP contribution < -0.4 is 9.80 Å². The smallest absolute Gasteiger partial charge is 0.121 e. The van der Waals surface area contributed by atoms with Crippen LogP contribution in [0.5, 0.6) is 11.5 Å². The first-order valence-corrected chi connectivity index (χ1v) is 16.5. The highest BCUT2D eigenvalue weighted by molar-refractivity contribution is 6.08. The zero-order valence-corrected chi connectivity index (χ0v) is 26.9. The number of hydrogen-bond donors (Lipinski definition) is 4. The number of aliphatic hydroxyl groups excluding tert-OH is 2. The lowest BCUT2D eigenvalue weighted by Gasteiger charge is -2.48. The van der Waals surface area contributed by atoms with E-state index in [4.69, 9.17) is 0 Å². The minimum absolute atomic E-state index is 0.0585. The molecule has 6 aromatic rings. The van der Waals surface area contributed by atoms with Crippen molar-refractivity contribution in [3.8, 4) is 11.5 Å². The van der Waals surface area contributed by atoms with Gasteiger partial charge in [-0.1, -0.05) is 48.5 Å². The second-order valence-corrected chi connectivity index (χ2v) is 12.5. The number of hydrogen-bond acceptors (Lipinski definition) is 6. The van der Waals surface area contributed by atoms with Gasteiger partial charge in [-0.2, -0.15) is 0 Å². The number of anilines is 2. The maximum Gasteiger partial charge on any atom is 0.121 e. The van der Waals surface area contributed by atoms with Gasteiger partial charge < -0.3 is 30.2 Å². The van der Waals surface area contributed by atoms with Gasteiger partial charge in [-0.3, -0.25) is 0 Å². The molecule has 7 rings (SSSR count). The molecule has 4 N–H and O–H groups in total. The summed E-state index contributed by atoms with van der Waals surface area (Å²) >= 11 is 0. The summed E-state index contributed by atoms with van der Waals surface area (Å²) in [5.41, 5.74) is 2.94. The van der Waals surface area contributed by atoms with Crippen LogP contribution in [0.25, 0.3) is 43.1 Å². The van der Waals surface area contributed by atoms with Crippen molar-refractivity contribution in [1.82, 2.24) is 0 Å². The molecule has 46 heavy (non-hydrogen) atoms. The molecule has 0 atom stereocenters. The summed E-state index contributed by atoms with van der Waals surface area (Å²) in [7, 11) is 0. The first-order valence-electron chi connectivity index (χ1n) is 16.5. The molecule has 0 amide bonds. The summed E-state index contributed by atoms with van der Waals surface area (Å²) in [6, 6.07) is 28.2. The lowest BCUT2D eigenvalue weighted by Crippen LogP contribution is -2.51. The maximum absolute atomic E-state index is 12.0. The molecule has 6 heteroatoms. The van der Waals surface area contributed by atoms with Crippen molar-refractivity contribution in [2.75, 3.05) is 36.0 Å². The number of aliphatic hydroxyl groups is 2. The fourth-order valence-corrected chi connectivity index (χ4v) is 7.94. The predicted octanol–water partition coefficient (Wildman–Crippen LogP) is 8.01. The van der Waals surface area contributed by atoms with Crippen LogP contribution in [-0.4, -0.2) is 58.8 Å². The average Bonchev–Trinajstić information content (AvgIpc) is 3.07. The first kappa shape index (κ1) is 30.2. The number of fused-ring (bicyclic) bond motifs is 4. The molecule has 1 aliphatic carbocycles. The number of rotatable bonds is 8. The number of benzene rings is 6. The molecule has 0 heterocycles. The molecule has 1 fully saturated rings. The molecule has 6 nitrogen and oxygen atoms in total. The van der Waals surface area contributed by atoms with Crippen molar-refractivity contribution in [2.45, 2.75) is 51.7 Å². The normalized spacial score (nSPS) is 19.6. The van der Waals surface area contributed by atoms with Gasteiger partial charge in [0.25, 0.3) is 0 Å². The van der Waals surface area contributed by atoms with Crippen molar-refractivity contribution in [3.05, 3.63) is 96.1 Å². The lowest BCUT2D eigenvalue weighted by molar-refractivity contribution is -0.0787. The van der Waals surface area contributed by atoms with E-state index in [0.717, 1.165) is 80.6 Å². The second-order valence-electron chi connectivity index (χ2n) is 12.5. The lowest BCUT2D eigenvalue weighted by atomic mass is 9.61. The van der Waals surface area contributed by atoms with E-state index >= 15 is 0 Å². The molecule has 0 spiro atoms.